The molecule has 0 aliphatic carbocycles. The first-order valence-electron chi connectivity index (χ1n) is 8.84. The number of rotatable bonds is 8. The maximum atomic E-state index is 13.0. The number of carbonyl (C=O) groups excluding carboxylic acids is 2. The van der Waals surface area contributed by atoms with E-state index in [4.69, 9.17) is 4.74 Å². The van der Waals surface area contributed by atoms with E-state index in [9.17, 15) is 14.0 Å². The van der Waals surface area contributed by atoms with Crippen LogP contribution in [0.25, 0.3) is 0 Å². The van der Waals surface area contributed by atoms with Crippen LogP contribution in [0.5, 0.6) is 0 Å². The Morgan fingerprint density at radius 1 is 1.04 bits per heavy atom. The number of halogens is 1. The second-order valence-corrected chi connectivity index (χ2v) is 6.58. The molecule has 2 amide bonds. The Kier molecular flexibility index (Phi) is 7.49. The zero-order chi connectivity index (χ0) is 19.8. The Labute approximate surface area is 158 Å². The molecule has 2 aromatic rings. The van der Waals surface area contributed by atoms with Crippen molar-refractivity contribution < 1.29 is 18.7 Å². The molecule has 0 fully saturated rings. The highest BCUT2D eigenvalue weighted by Crippen LogP contribution is 2.15. The van der Waals surface area contributed by atoms with Gasteiger partial charge in [0.2, 0.25) is 5.91 Å². The molecular weight excluding hydrogens is 347 g/mol. The number of hydrogen-bond acceptors (Lipinski definition) is 3. The van der Waals surface area contributed by atoms with Crippen molar-refractivity contribution in [2.24, 2.45) is 5.92 Å². The minimum Gasteiger partial charge on any atom is -0.375 e. The second-order valence-electron chi connectivity index (χ2n) is 6.58. The molecule has 0 aliphatic rings. The van der Waals surface area contributed by atoms with Crippen LogP contribution >= 0.6 is 0 Å². The predicted molar refractivity (Wildman–Crippen MR) is 102 cm³/mol. The van der Waals surface area contributed by atoms with Crippen LogP contribution in [-0.2, 0) is 9.53 Å². The molecule has 0 aromatic heterocycles. The third-order valence-corrected chi connectivity index (χ3v) is 4.26. The van der Waals surface area contributed by atoms with E-state index in [1.165, 1.54) is 24.3 Å². The van der Waals surface area contributed by atoms with Gasteiger partial charge in [-0.1, -0.05) is 44.2 Å². The topological polar surface area (TPSA) is 67.4 Å². The Hall–Kier alpha value is -2.73. The van der Waals surface area contributed by atoms with E-state index < -0.39 is 17.8 Å². The Morgan fingerprint density at radius 3 is 2.22 bits per heavy atom. The van der Waals surface area contributed by atoms with Crippen molar-refractivity contribution in [1.82, 2.24) is 10.6 Å². The lowest BCUT2D eigenvalue weighted by Crippen LogP contribution is -2.50. The molecule has 0 aliphatic heterocycles. The number of carbonyl (C=O) groups is 2. The first-order valence-corrected chi connectivity index (χ1v) is 8.84. The third-order valence-electron chi connectivity index (χ3n) is 4.26. The van der Waals surface area contributed by atoms with Gasteiger partial charge in [0.15, 0.2) is 0 Å². The molecule has 0 heterocycles. The fourth-order valence-corrected chi connectivity index (χ4v) is 2.67. The molecule has 0 bridgehead atoms. The summed E-state index contributed by atoms with van der Waals surface area (Å²) in [4.78, 5) is 25.0. The summed E-state index contributed by atoms with van der Waals surface area (Å²) in [5.41, 5.74) is 1.26. The number of amides is 2. The molecule has 5 nitrogen and oxygen atoms in total. The van der Waals surface area contributed by atoms with Gasteiger partial charge in [-0.2, -0.15) is 0 Å². The molecule has 6 heteroatoms. The molecular formula is C21H25FN2O3. The van der Waals surface area contributed by atoms with Crippen molar-refractivity contribution in [3.05, 3.63) is 71.5 Å². The first kappa shape index (κ1) is 20.6. The minimum atomic E-state index is -0.712. The van der Waals surface area contributed by atoms with Crippen molar-refractivity contribution in [1.29, 1.82) is 0 Å². The van der Waals surface area contributed by atoms with Gasteiger partial charge >= 0.3 is 0 Å². The van der Waals surface area contributed by atoms with Crippen LogP contribution in [0, 0.1) is 11.7 Å². The summed E-state index contributed by atoms with van der Waals surface area (Å²) < 4.78 is 18.5. The zero-order valence-electron chi connectivity index (χ0n) is 15.7. The Balaban J connectivity index is 1.99. The number of methoxy groups -OCH3 is 1. The van der Waals surface area contributed by atoms with E-state index in [0.29, 0.717) is 5.56 Å². The highest BCUT2D eigenvalue weighted by atomic mass is 19.1. The van der Waals surface area contributed by atoms with Gasteiger partial charge in [-0.25, -0.2) is 4.39 Å². The smallest absolute Gasteiger partial charge is 0.251 e. The van der Waals surface area contributed by atoms with Crippen LogP contribution in [0.4, 0.5) is 4.39 Å². The van der Waals surface area contributed by atoms with Crippen molar-refractivity contribution in [2.45, 2.75) is 26.0 Å². The zero-order valence-corrected chi connectivity index (χ0v) is 15.7. The van der Waals surface area contributed by atoms with Crippen LogP contribution in [0.3, 0.4) is 0 Å². The molecule has 144 valence electrons. The van der Waals surface area contributed by atoms with E-state index >= 15 is 0 Å². The average molecular weight is 372 g/mol. The van der Waals surface area contributed by atoms with Gasteiger partial charge in [0, 0.05) is 19.2 Å². The highest BCUT2D eigenvalue weighted by molar-refractivity contribution is 5.97. The van der Waals surface area contributed by atoms with Crippen LogP contribution in [-0.4, -0.2) is 31.5 Å². The molecule has 2 rings (SSSR count). The van der Waals surface area contributed by atoms with Crippen LogP contribution in [0.2, 0.25) is 0 Å². The first-order chi connectivity index (χ1) is 12.9. The maximum Gasteiger partial charge on any atom is 0.251 e. The van der Waals surface area contributed by atoms with Gasteiger partial charge in [-0.15, -0.1) is 0 Å². The van der Waals surface area contributed by atoms with Crippen molar-refractivity contribution >= 4 is 11.8 Å². The Morgan fingerprint density at radius 2 is 1.67 bits per heavy atom. The van der Waals surface area contributed by atoms with Crippen LogP contribution in [0.1, 0.15) is 35.9 Å². The highest BCUT2D eigenvalue weighted by Gasteiger charge is 2.25. The lowest BCUT2D eigenvalue weighted by molar-refractivity contribution is -0.124. The number of ether oxygens (including phenoxy) is 1. The molecule has 2 unspecified atom stereocenters. The molecule has 0 saturated carbocycles. The SMILES string of the molecule is COC(CNC(=O)C(NC(=O)c1ccc(F)cc1)C(C)C)c1ccccc1. The average Bonchev–Trinajstić information content (AvgIpc) is 2.67. The summed E-state index contributed by atoms with van der Waals surface area (Å²) in [6, 6.07) is 14.1. The van der Waals surface area contributed by atoms with Crippen molar-refractivity contribution in [2.75, 3.05) is 13.7 Å². The van der Waals surface area contributed by atoms with Gasteiger partial charge in [-0.05, 0) is 35.7 Å². The standard InChI is InChI=1S/C21H25FN2O3/c1-14(2)19(24-20(25)16-9-11-17(22)12-10-16)21(26)23-13-18(27-3)15-7-5-4-6-8-15/h4-12,14,18-19H,13H2,1-3H3,(H,23,26)(H,24,25). The number of benzene rings is 2. The van der Waals surface area contributed by atoms with Gasteiger partial charge in [-0.3, -0.25) is 9.59 Å². The van der Waals surface area contributed by atoms with Gasteiger partial charge in [0.05, 0.1) is 6.10 Å². The summed E-state index contributed by atoms with van der Waals surface area (Å²) in [6.45, 7) is 3.98. The molecule has 0 spiro atoms. The fourth-order valence-electron chi connectivity index (χ4n) is 2.67. The van der Waals surface area contributed by atoms with Crippen LogP contribution < -0.4 is 10.6 Å². The largest absolute Gasteiger partial charge is 0.375 e. The summed E-state index contributed by atoms with van der Waals surface area (Å²) >= 11 is 0. The molecule has 2 atom stereocenters. The van der Waals surface area contributed by atoms with E-state index in [2.05, 4.69) is 10.6 Å². The Bertz CT molecular complexity index is 748. The normalized spacial score (nSPS) is 13.1. The van der Waals surface area contributed by atoms with E-state index in [1.807, 2.05) is 44.2 Å². The van der Waals surface area contributed by atoms with Gasteiger partial charge in [0.1, 0.15) is 11.9 Å². The van der Waals surface area contributed by atoms with E-state index in [0.717, 1.165) is 5.56 Å². The number of nitrogens with one attached hydrogen (secondary N) is 2. The van der Waals surface area contributed by atoms with E-state index in [-0.39, 0.29) is 24.5 Å². The monoisotopic (exact) mass is 372 g/mol. The quantitative estimate of drug-likeness (QED) is 0.748. The molecule has 2 aromatic carbocycles. The maximum absolute atomic E-state index is 13.0. The fraction of sp³-hybridized carbons (Fsp3) is 0.333. The second kappa shape index (κ2) is 9.83. The molecule has 0 radical (unpaired) electrons. The third kappa shape index (κ3) is 5.89. The molecule has 2 N–H and O–H groups in total. The van der Waals surface area contributed by atoms with E-state index in [1.54, 1.807) is 7.11 Å². The van der Waals surface area contributed by atoms with Crippen molar-refractivity contribution in [3.63, 3.8) is 0 Å². The lowest BCUT2D eigenvalue weighted by atomic mass is 10.0. The minimum absolute atomic E-state index is 0.118. The summed E-state index contributed by atoms with van der Waals surface area (Å²) in [7, 11) is 1.58. The van der Waals surface area contributed by atoms with Crippen molar-refractivity contribution in [3.8, 4) is 0 Å². The molecule has 27 heavy (non-hydrogen) atoms. The predicted octanol–water partition coefficient (Wildman–Crippen LogP) is 3.08. The number of hydrogen-bond donors (Lipinski definition) is 2. The van der Waals surface area contributed by atoms with Crippen LogP contribution in [0.15, 0.2) is 54.6 Å². The lowest BCUT2D eigenvalue weighted by Gasteiger charge is -2.23. The molecule has 0 saturated heterocycles. The summed E-state index contributed by atoms with van der Waals surface area (Å²) in [6.07, 6.45) is -0.282. The van der Waals surface area contributed by atoms with Gasteiger partial charge < -0.3 is 15.4 Å². The van der Waals surface area contributed by atoms with Gasteiger partial charge in [0.25, 0.3) is 5.91 Å². The summed E-state index contributed by atoms with van der Waals surface area (Å²) in [5.74, 6) is -1.25. The summed E-state index contributed by atoms with van der Waals surface area (Å²) in [5, 5.41) is 5.56.